The molecule has 216 valence electrons. The molecule has 1 saturated heterocycles. The number of carboxylic acids is 1. The zero-order chi connectivity index (χ0) is 29.3. The summed E-state index contributed by atoms with van der Waals surface area (Å²) in [4.78, 5) is 33.7. The number of hydrogen-bond acceptors (Lipinski definition) is 6. The van der Waals surface area contributed by atoms with Crippen molar-refractivity contribution in [3.8, 4) is 11.3 Å². The maximum atomic E-state index is 15.8. The zero-order valence-electron chi connectivity index (χ0n) is 23.7. The predicted molar refractivity (Wildman–Crippen MR) is 157 cm³/mol. The third-order valence-corrected chi connectivity index (χ3v) is 9.22. The number of amides is 1. The van der Waals surface area contributed by atoms with Gasteiger partial charge in [0.25, 0.3) is 5.91 Å². The summed E-state index contributed by atoms with van der Waals surface area (Å²) < 4.78 is 17.5. The molecule has 4 heterocycles. The molecule has 10 heteroatoms. The van der Waals surface area contributed by atoms with Crippen molar-refractivity contribution in [2.24, 2.45) is 5.92 Å². The van der Waals surface area contributed by atoms with Crippen LogP contribution in [0.3, 0.4) is 0 Å². The Morgan fingerprint density at radius 3 is 2.62 bits per heavy atom. The first-order valence-electron chi connectivity index (χ1n) is 14.6. The standard InChI is InChI=1S/C32H33FN6O3/c1-17-29(23(33)13-27(30(17)34)37-11-9-21(16-37)32(41)42)24-15-28-35-25(14-26(20-7-8-20)39(28)36-24)31(40)38-12-10-19-5-3-4-6-22(19)18(38)2/h3-6,13-15,18,20-21H,7-12,16,34H2,1-2H3,(H,41,42)/t18-,21?/m1/s1. The smallest absolute Gasteiger partial charge is 0.308 e. The molecule has 4 aromatic rings. The first-order valence-corrected chi connectivity index (χ1v) is 14.6. The van der Waals surface area contributed by atoms with Gasteiger partial charge in [-0.25, -0.2) is 13.9 Å². The molecule has 2 fully saturated rings. The van der Waals surface area contributed by atoms with E-state index in [4.69, 9.17) is 15.8 Å². The van der Waals surface area contributed by atoms with Gasteiger partial charge in [-0.1, -0.05) is 24.3 Å². The van der Waals surface area contributed by atoms with Crippen molar-refractivity contribution in [1.29, 1.82) is 0 Å². The molecule has 1 aliphatic carbocycles. The first-order chi connectivity index (χ1) is 20.2. The molecule has 7 rings (SSSR count). The van der Waals surface area contributed by atoms with Crippen LogP contribution in [0.25, 0.3) is 16.9 Å². The van der Waals surface area contributed by atoms with Gasteiger partial charge >= 0.3 is 5.97 Å². The lowest BCUT2D eigenvalue weighted by atomic mass is 9.93. The van der Waals surface area contributed by atoms with E-state index in [1.54, 1.807) is 17.5 Å². The molecular formula is C32H33FN6O3. The van der Waals surface area contributed by atoms with Crippen LogP contribution in [0.4, 0.5) is 15.8 Å². The quantitative estimate of drug-likeness (QED) is 0.326. The molecular weight excluding hydrogens is 535 g/mol. The van der Waals surface area contributed by atoms with Gasteiger partial charge in [-0.05, 0) is 68.4 Å². The summed E-state index contributed by atoms with van der Waals surface area (Å²) >= 11 is 0. The van der Waals surface area contributed by atoms with E-state index in [0.29, 0.717) is 60.0 Å². The highest BCUT2D eigenvalue weighted by Gasteiger charge is 2.34. The van der Waals surface area contributed by atoms with Crippen molar-refractivity contribution in [1.82, 2.24) is 19.5 Å². The van der Waals surface area contributed by atoms with Crippen LogP contribution in [0.15, 0.2) is 42.5 Å². The minimum Gasteiger partial charge on any atom is -0.481 e. The van der Waals surface area contributed by atoms with Crippen molar-refractivity contribution in [3.63, 3.8) is 0 Å². The molecule has 3 aliphatic rings. The monoisotopic (exact) mass is 568 g/mol. The maximum absolute atomic E-state index is 15.8. The number of nitrogens with zero attached hydrogens (tertiary/aromatic N) is 5. The van der Waals surface area contributed by atoms with E-state index >= 15 is 4.39 Å². The second-order valence-corrected chi connectivity index (χ2v) is 11.8. The number of carbonyl (C=O) groups is 2. The Morgan fingerprint density at radius 1 is 1.10 bits per heavy atom. The van der Waals surface area contributed by atoms with Crippen LogP contribution in [-0.2, 0) is 11.2 Å². The summed E-state index contributed by atoms with van der Waals surface area (Å²) in [5.41, 5.74) is 12.8. The van der Waals surface area contributed by atoms with Crippen LogP contribution in [0.2, 0.25) is 0 Å². The molecule has 42 heavy (non-hydrogen) atoms. The van der Waals surface area contributed by atoms with Crippen molar-refractivity contribution in [2.45, 2.75) is 51.5 Å². The number of anilines is 2. The molecule has 2 aromatic heterocycles. The van der Waals surface area contributed by atoms with E-state index in [2.05, 4.69) is 19.1 Å². The first kappa shape index (κ1) is 26.4. The van der Waals surface area contributed by atoms with Crippen molar-refractivity contribution < 1.29 is 19.1 Å². The third-order valence-electron chi connectivity index (χ3n) is 9.22. The Bertz CT molecular complexity index is 1760. The number of carboxylic acid groups (broad SMARTS) is 1. The van der Waals surface area contributed by atoms with Crippen LogP contribution in [-0.4, -0.2) is 56.1 Å². The number of benzene rings is 2. The lowest BCUT2D eigenvalue weighted by Gasteiger charge is -2.35. The van der Waals surface area contributed by atoms with Gasteiger partial charge in [-0.3, -0.25) is 9.59 Å². The Hall–Kier alpha value is -4.47. The van der Waals surface area contributed by atoms with E-state index in [0.717, 1.165) is 30.5 Å². The molecule has 2 atom stereocenters. The Balaban J connectivity index is 1.26. The number of aliphatic carboxylic acids is 1. The fraction of sp³-hybridized carbons (Fsp3) is 0.375. The number of halogens is 1. The predicted octanol–water partition coefficient (Wildman–Crippen LogP) is 4.97. The molecule has 0 spiro atoms. The molecule has 1 saturated carbocycles. The largest absolute Gasteiger partial charge is 0.481 e. The normalized spacial score (nSPS) is 20.3. The number of fused-ring (bicyclic) bond motifs is 2. The van der Waals surface area contributed by atoms with Crippen LogP contribution in [0.5, 0.6) is 0 Å². The number of aromatic nitrogens is 3. The third kappa shape index (κ3) is 4.28. The van der Waals surface area contributed by atoms with Crippen LogP contribution >= 0.6 is 0 Å². The van der Waals surface area contributed by atoms with Gasteiger partial charge in [-0.15, -0.1) is 0 Å². The van der Waals surface area contributed by atoms with Gasteiger partial charge in [-0.2, -0.15) is 5.10 Å². The van der Waals surface area contributed by atoms with Gasteiger partial charge in [0.2, 0.25) is 0 Å². The summed E-state index contributed by atoms with van der Waals surface area (Å²) in [6, 6.07) is 13.1. The van der Waals surface area contributed by atoms with Crippen LogP contribution in [0, 0.1) is 18.7 Å². The Kier molecular flexibility index (Phi) is 6.18. The van der Waals surface area contributed by atoms with E-state index < -0.39 is 17.7 Å². The molecule has 1 amide bonds. The summed E-state index contributed by atoms with van der Waals surface area (Å²) in [6.07, 6.45) is 3.28. The highest BCUT2D eigenvalue weighted by molar-refractivity contribution is 5.93. The number of nitrogens with two attached hydrogens (primary N) is 1. The summed E-state index contributed by atoms with van der Waals surface area (Å²) in [5, 5.41) is 14.2. The van der Waals surface area contributed by atoms with Crippen LogP contribution in [0.1, 0.15) is 71.0 Å². The molecule has 0 bridgehead atoms. The van der Waals surface area contributed by atoms with E-state index in [1.165, 1.54) is 11.6 Å². The molecule has 1 unspecified atom stereocenters. The zero-order valence-corrected chi connectivity index (χ0v) is 23.7. The SMILES string of the molecule is Cc1c(N)c(N2CCC(C(=O)O)C2)cc(F)c1-c1cc2nc(C(=O)N3CCc4ccccc4[C@H]3C)cc(C3CC3)n2n1. The minimum absolute atomic E-state index is 0.0649. The van der Waals surface area contributed by atoms with Crippen molar-refractivity contribution >= 4 is 28.9 Å². The Labute approximate surface area is 242 Å². The van der Waals surface area contributed by atoms with Gasteiger partial charge < -0.3 is 20.6 Å². The van der Waals surface area contributed by atoms with Crippen LogP contribution < -0.4 is 10.6 Å². The maximum Gasteiger partial charge on any atom is 0.308 e. The number of rotatable bonds is 5. The molecule has 2 aromatic carbocycles. The molecule has 0 radical (unpaired) electrons. The van der Waals surface area contributed by atoms with E-state index in [-0.39, 0.29) is 23.4 Å². The minimum atomic E-state index is -0.856. The molecule has 3 N–H and O–H groups in total. The highest BCUT2D eigenvalue weighted by Crippen LogP contribution is 2.42. The number of carbonyl (C=O) groups excluding carboxylic acids is 1. The van der Waals surface area contributed by atoms with E-state index in [9.17, 15) is 14.7 Å². The average molecular weight is 569 g/mol. The van der Waals surface area contributed by atoms with E-state index in [1.807, 2.05) is 28.0 Å². The van der Waals surface area contributed by atoms with Gasteiger partial charge in [0.15, 0.2) is 5.65 Å². The molecule has 9 nitrogen and oxygen atoms in total. The number of nitrogen functional groups attached to an aromatic ring is 1. The second-order valence-electron chi connectivity index (χ2n) is 11.8. The average Bonchev–Trinajstić information content (AvgIpc) is 3.54. The highest BCUT2D eigenvalue weighted by atomic mass is 19.1. The van der Waals surface area contributed by atoms with Gasteiger partial charge in [0.05, 0.1) is 29.0 Å². The lowest BCUT2D eigenvalue weighted by Crippen LogP contribution is -2.39. The van der Waals surface area contributed by atoms with Crippen molar-refractivity contribution in [2.75, 3.05) is 30.3 Å². The topological polar surface area (TPSA) is 117 Å². The summed E-state index contributed by atoms with van der Waals surface area (Å²) in [5.74, 6) is -1.69. The Morgan fingerprint density at radius 2 is 1.88 bits per heavy atom. The van der Waals surface area contributed by atoms with Crippen molar-refractivity contribution in [3.05, 3.63) is 76.4 Å². The summed E-state index contributed by atoms with van der Waals surface area (Å²) in [6.45, 7) is 5.22. The summed E-state index contributed by atoms with van der Waals surface area (Å²) in [7, 11) is 0. The number of hydrogen-bond donors (Lipinski definition) is 2. The fourth-order valence-electron chi connectivity index (χ4n) is 6.63. The van der Waals surface area contributed by atoms with Gasteiger partial charge in [0.1, 0.15) is 11.5 Å². The fourth-order valence-corrected chi connectivity index (χ4v) is 6.63. The van der Waals surface area contributed by atoms with Gasteiger partial charge in [0, 0.05) is 42.9 Å². The second kappa shape index (κ2) is 9.82. The lowest BCUT2D eigenvalue weighted by molar-refractivity contribution is -0.140. The molecule has 2 aliphatic heterocycles.